The summed E-state index contributed by atoms with van der Waals surface area (Å²) in [7, 11) is 1.63. The summed E-state index contributed by atoms with van der Waals surface area (Å²) < 4.78 is 10.4. The van der Waals surface area contributed by atoms with Crippen molar-refractivity contribution in [3.63, 3.8) is 0 Å². The number of benzene rings is 1. The second kappa shape index (κ2) is 10.8. The topological polar surface area (TPSA) is 79.9 Å². The molecule has 7 nitrogen and oxygen atoms in total. The minimum absolute atomic E-state index is 0.0887. The number of hydrogen-bond donors (Lipinski definition) is 2. The molecule has 2 N–H and O–H groups in total. The van der Waals surface area contributed by atoms with Crippen molar-refractivity contribution in [1.29, 1.82) is 0 Å². The van der Waals surface area contributed by atoms with Crippen molar-refractivity contribution in [2.24, 2.45) is 0 Å². The SMILES string of the molecule is CCOc1ccc(CN2CCNC(=O)C2CC(=O)NCCCOC)cc1. The van der Waals surface area contributed by atoms with Gasteiger partial charge in [0.1, 0.15) is 5.75 Å². The summed E-state index contributed by atoms with van der Waals surface area (Å²) >= 11 is 0. The molecule has 1 aromatic carbocycles. The Morgan fingerprint density at radius 3 is 2.81 bits per heavy atom. The van der Waals surface area contributed by atoms with Gasteiger partial charge in [-0.15, -0.1) is 0 Å². The van der Waals surface area contributed by atoms with Gasteiger partial charge in [0.2, 0.25) is 11.8 Å². The van der Waals surface area contributed by atoms with Crippen molar-refractivity contribution >= 4 is 11.8 Å². The first kappa shape index (κ1) is 20.2. The van der Waals surface area contributed by atoms with Gasteiger partial charge < -0.3 is 20.1 Å². The summed E-state index contributed by atoms with van der Waals surface area (Å²) in [6.45, 7) is 5.69. The Hall–Kier alpha value is -2.12. The Balaban J connectivity index is 1.92. The van der Waals surface area contributed by atoms with E-state index < -0.39 is 6.04 Å². The molecule has 0 saturated carbocycles. The number of methoxy groups -OCH3 is 1. The van der Waals surface area contributed by atoms with E-state index in [2.05, 4.69) is 15.5 Å². The summed E-state index contributed by atoms with van der Waals surface area (Å²) in [5, 5.41) is 5.70. The third kappa shape index (κ3) is 6.31. The van der Waals surface area contributed by atoms with Gasteiger partial charge in [-0.2, -0.15) is 0 Å². The third-order valence-electron chi connectivity index (χ3n) is 4.29. The molecule has 0 bridgehead atoms. The highest BCUT2D eigenvalue weighted by Crippen LogP contribution is 2.17. The molecule has 1 aliphatic rings. The Kier molecular flexibility index (Phi) is 8.37. The van der Waals surface area contributed by atoms with Gasteiger partial charge in [0, 0.05) is 39.9 Å². The van der Waals surface area contributed by atoms with E-state index in [1.54, 1.807) is 7.11 Å². The van der Waals surface area contributed by atoms with Crippen molar-refractivity contribution < 1.29 is 19.1 Å². The van der Waals surface area contributed by atoms with Crippen LogP contribution in [-0.2, 0) is 20.9 Å². The van der Waals surface area contributed by atoms with Crippen LogP contribution in [0, 0.1) is 0 Å². The van der Waals surface area contributed by atoms with E-state index in [0.717, 1.165) is 24.3 Å². The van der Waals surface area contributed by atoms with E-state index in [-0.39, 0.29) is 18.2 Å². The largest absolute Gasteiger partial charge is 0.494 e. The number of nitrogens with one attached hydrogen (secondary N) is 2. The van der Waals surface area contributed by atoms with Crippen molar-refractivity contribution in [3.05, 3.63) is 29.8 Å². The van der Waals surface area contributed by atoms with E-state index in [4.69, 9.17) is 9.47 Å². The van der Waals surface area contributed by atoms with E-state index in [9.17, 15) is 9.59 Å². The molecule has 1 fully saturated rings. The Morgan fingerprint density at radius 1 is 1.35 bits per heavy atom. The molecule has 7 heteroatoms. The minimum Gasteiger partial charge on any atom is -0.494 e. The number of carbonyl (C=O) groups excluding carboxylic acids is 2. The molecule has 1 heterocycles. The van der Waals surface area contributed by atoms with Crippen molar-refractivity contribution in [3.8, 4) is 5.75 Å². The molecule has 0 spiro atoms. The average molecular weight is 363 g/mol. The minimum atomic E-state index is -0.447. The molecule has 1 unspecified atom stereocenters. The number of carbonyl (C=O) groups is 2. The second-order valence-electron chi connectivity index (χ2n) is 6.25. The van der Waals surface area contributed by atoms with Gasteiger partial charge in [0.15, 0.2) is 0 Å². The number of ether oxygens (including phenoxy) is 2. The van der Waals surface area contributed by atoms with Gasteiger partial charge >= 0.3 is 0 Å². The lowest BCUT2D eigenvalue weighted by Gasteiger charge is -2.34. The normalized spacial score (nSPS) is 17.6. The van der Waals surface area contributed by atoms with Gasteiger partial charge in [0.25, 0.3) is 0 Å². The lowest BCUT2D eigenvalue weighted by Crippen LogP contribution is -2.56. The number of hydrogen-bond acceptors (Lipinski definition) is 5. The molecular formula is C19H29N3O4. The third-order valence-corrected chi connectivity index (χ3v) is 4.29. The number of rotatable bonds is 10. The first-order valence-corrected chi connectivity index (χ1v) is 9.13. The van der Waals surface area contributed by atoms with Crippen LogP contribution < -0.4 is 15.4 Å². The Labute approximate surface area is 155 Å². The monoisotopic (exact) mass is 363 g/mol. The van der Waals surface area contributed by atoms with E-state index in [0.29, 0.717) is 32.8 Å². The maximum atomic E-state index is 12.3. The smallest absolute Gasteiger partial charge is 0.237 e. The summed E-state index contributed by atoms with van der Waals surface area (Å²) in [4.78, 5) is 26.5. The van der Waals surface area contributed by atoms with Gasteiger partial charge in [0.05, 0.1) is 19.1 Å². The number of nitrogens with zero attached hydrogens (tertiary/aromatic N) is 1. The Bertz CT molecular complexity index is 577. The highest BCUT2D eigenvalue weighted by atomic mass is 16.5. The molecule has 0 radical (unpaired) electrons. The summed E-state index contributed by atoms with van der Waals surface area (Å²) in [5.74, 6) is 0.633. The standard InChI is InChI=1S/C19H29N3O4/c1-3-26-16-7-5-15(6-8-16)14-22-11-10-21-19(24)17(22)13-18(23)20-9-4-12-25-2/h5-8,17H,3-4,9-14H2,1-2H3,(H,20,23)(H,21,24). The van der Waals surface area contributed by atoms with Gasteiger partial charge in [-0.25, -0.2) is 0 Å². The molecule has 0 aromatic heterocycles. The lowest BCUT2D eigenvalue weighted by molar-refractivity contribution is -0.134. The van der Waals surface area contributed by atoms with Crippen molar-refractivity contribution in [2.45, 2.75) is 32.4 Å². The first-order valence-electron chi connectivity index (χ1n) is 9.13. The maximum absolute atomic E-state index is 12.3. The second-order valence-corrected chi connectivity index (χ2v) is 6.25. The molecule has 2 rings (SSSR count). The quantitative estimate of drug-likeness (QED) is 0.605. The van der Waals surface area contributed by atoms with Crippen LogP contribution in [0.2, 0.25) is 0 Å². The molecule has 2 amide bonds. The predicted molar refractivity (Wildman–Crippen MR) is 98.9 cm³/mol. The molecule has 1 atom stereocenters. The van der Waals surface area contributed by atoms with E-state index in [1.165, 1.54) is 0 Å². The zero-order chi connectivity index (χ0) is 18.8. The zero-order valence-electron chi connectivity index (χ0n) is 15.6. The molecule has 26 heavy (non-hydrogen) atoms. The van der Waals surface area contributed by atoms with E-state index in [1.807, 2.05) is 31.2 Å². The Morgan fingerprint density at radius 2 is 2.12 bits per heavy atom. The zero-order valence-corrected chi connectivity index (χ0v) is 15.6. The average Bonchev–Trinajstić information content (AvgIpc) is 2.63. The van der Waals surface area contributed by atoms with E-state index >= 15 is 0 Å². The molecule has 1 saturated heterocycles. The van der Waals surface area contributed by atoms with Crippen LogP contribution in [0.4, 0.5) is 0 Å². The highest BCUT2D eigenvalue weighted by molar-refractivity contribution is 5.88. The summed E-state index contributed by atoms with van der Waals surface area (Å²) in [6, 6.07) is 7.41. The molecule has 1 aliphatic heterocycles. The van der Waals surface area contributed by atoms with Gasteiger partial charge in [-0.3, -0.25) is 14.5 Å². The number of amides is 2. The predicted octanol–water partition coefficient (Wildman–Crippen LogP) is 0.929. The van der Waals surface area contributed by atoms with Crippen LogP contribution in [0.25, 0.3) is 0 Å². The maximum Gasteiger partial charge on any atom is 0.237 e. The molecule has 144 valence electrons. The summed E-state index contributed by atoms with van der Waals surface area (Å²) in [6.07, 6.45) is 0.921. The van der Waals surface area contributed by atoms with Crippen LogP contribution in [-0.4, -0.2) is 62.7 Å². The molecule has 0 aliphatic carbocycles. The highest BCUT2D eigenvalue weighted by Gasteiger charge is 2.31. The first-order chi connectivity index (χ1) is 12.6. The summed E-state index contributed by atoms with van der Waals surface area (Å²) in [5.41, 5.74) is 1.09. The van der Waals surface area contributed by atoms with Crippen LogP contribution in [0.5, 0.6) is 5.75 Å². The van der Waals surface area contributed by atoms with Crippen molar-refractivity contribution in [2.75, 3.05) is 40.0 Å². The van der Waals surface area contributed by atoms with Crippen LogP contribution >= 0.6 is 0 Å². The van der Waals surface area contributed by atoms with Crippen molar-refractivity contribution in [1.82, 2.24) is 15.5 Å². The van der Waals surface area contributed by atoms with Crippen LogP contribution in [0.15, 0.2) is 24.3 Å². The van der Waals surface area contributed by atoms with Crippen LogP contribution in [0.3, 0.4) is 0 Å². The van der Waals surface area contributed by atoms with Gasteiger partial charge in [-0.1, -0.05) is 12.1 Å². The van der Waals surface area contributed by atoms with Crippen LogP contribution in [0.1, 0.15) is 25.3 Å². The lowest BCUT2D eigenvalue weighted by atomic mass is 10.1. The number of piperazine rings is 1. The fraction of sp³-hybridized carbons (Fsp3) is 0.579. The fourth-order valence-electron chi connectivity index (χ4n) is 2.96. The molecular weight excluding hydrogens is 334 g/mol. The fourth-order valence-corrected chi connectivity index (χ4v) is 2.96. The molecule has 1 aromatic rings. The van der Waals surface area contributed by atoms with Gasteiger partial charge in [-0.05, 0) is 31.0 Å².